The number of nitrogens with zero attached hydrogens (tertiary/aromatic N) is 1. The minimum Gasteiger partial charge on any atom is -0.388 e. The minimum atomic E-state index is -0.456. The molecule has 1 aliphatic rings. The van der Waals surface area contributed by atoms with Crippen molar-refractivity contribution >= 4 is 0 Å². The van der Waals surface area contributed by atoms with E-state index in [9.17, 15) is 5.11 Å². The SMILES string of the molecule is CC(C)(CN1CCOCC1(C)C)C(O)c1ccccc1. The first-order valence-corrected chi connectivity index (χ1v) is 7.39. The monoisotopic (exact) mass is 277 g/mol. The standard InChI is InChI=1S/C17H27NO2/c1-16(2,15(19)14-8-6-5-7-9-14)12-18-10-11-20-13-17(18,3)4/h5-9,15,19H,10-13H2,1-4H3. The lowest BCUT2D eigenvalue weighted by molar-refractivity contribution is -0.0818. The average Bonchev–Trinajstić information content (AvgIpc) is 2.41. The van der Waals surface area contributed by atoms with Crippen LogP contribution in [0.15, 0.2) is 30.3 Å². The molecule has 0 saturated carbocycles. The van der Waals surface area contributed by atoms with Gasteiger partial charge in [-0.3, -0.25) is 4.90 Å². The fraction of sp³-hybridized carbons (Fsp3) is 0.647. The Morgan fingerprint density at radius 2 is 1.95 bits per heavy atom. The number of aliphatic hydroxyl groups excluding tert-OH is 1. The fourth-order valence-electron chi connectivity index (χ4n) is 2.85. The predicted molar refractivity (Wildman–Crippen MR) is 81.7 cm³/mol. The van der Waals surface area contributed by atoms with E-state index in [4.69, 9.17) is 4.74 Å². The topological polar surface area (TPSA) is 32.7 Å². The van der Waals surface area contributed by atoms with Crippen LogP contribution in [0.25, 0.3) is 0 Å². The fourth-order valence-corrected chi connectivity index (χ4v) is 2.85. The zero-order valence-corrected chi connectivity index (χ0v) is 13.1. The number of hydrogen-bond donors (Lipinski definition) is 1. The Bertz CT molecular complexity index is 428. The van der Waals surface area contributed by atoms with Gasteiger partial charge in [0.2, 0.25) is 0 Å². The maximum Gasteiger partial charge on any atom is 0.0853 e. The molecule has 2 rings (SSSR count). The van der Waals surface area contributed by atoms with Gasteiger partial charge in [-0.15, -0.1) is 0 Å². The smallest absolute Gasteiger partial charge is 0.0853 e. The van der Waals surface area contributed by atoms with Gasteiger partial charge < -0.3 is 9.84 Å². The zero-order chi connectivity index (χ0) is 14.8. The van der Waals surface area contributed by atoms with Gasteiger partial charge in [-0.1, -0.05) is 44.2 Å². The molecular weight excluding hydrogens is 250 g/mol. The van der Waals surface area contributed by atoms with Crippen LogP contribution < -0.4 is 0 Å². The first-order valence-electron chi connectivity index (χ1n) is 7.39. The van der Waals surface area contributed by atoms with E-state index < -0.39 is 6.10 Å². The number of morpholine rings is 1. The highest BCUT2D eigenvalue weighted by Crippen LogP contribution is 2.36. The molecule has 1 atom stereocenters. The molecule has 0 amide bonds. The van der Waals surface area contributed by atoms with Crippen molar-refractivity contribution < 1.29 is 9.84 Å². The second kappa shape index (κ2) is 5.84. The largest absolute Gasteiger partial charge is 0.388 e. The van der Waals surface area contributed by atoms with E-state index in [1.165, 1.54) is 0 Å². The van der Waals surface area contributed by atoms with Gasteiger partial charge in [-0.05, 0) is 19.4 Å². The highest BCUT2D eigenvalue weighted by atomic mass is 16.5. The zero-order valence-electron chi connectivity index (χ0n) is 13.1. The Morgan fingerprint density at radius 1 is 1.30 bits per heavy atom. The molecule has 1 heterocycles. The van der Waals surface area contributed by atoms with E-state index in [0.717, 1.165) is 31.9 Å². The van der Waals surface area contributed by atoms with Crippen LogP contribution in [0.2, 0.25) is 0 Å². The third kappa shape index (κ3) is 3.40. The summed E-state index contributed by atoms with van der Waals surface area (Å²) >= 11 is 0. The van der Waals surface area contributed by atoms with Crippen LogP contribution >= 0.6 is 0 Å². The van der Waals surface area contributed by atoms with Crippen LogP contribution in [-0.2, 0) is 4.74 Å². The second-order valence-electron chi connectivity index (χ2n) is 7.09. The summed E-state index contributed by atoms with van der Waals surface area (Å²) in [4.78, 5) is 2.43. The first kappa shape index (κ1) is 15.5. The molecule has 0 radical (unpaired) electrons. The normalized spacial score (nSPS) is 21.6. The third-order valence-corrected chi connectivity index (χ3v) is 4.27. The molecule has 1 aromatic rings. The van der Waals surface area contributed by atoms with Gasteiger partial charge in [-0.25, -0.2) is 0 Å². The van der Waals surface area contributed by atoms with Crippen molar-refractivity contribution in [2.45, 2.75) is 39.3 Å². The summed E-state index contributed by atoms with van der Waals surface area (Å²) in [7, 11) is 0. The molecule has 1 saturated heterocycles. The van der Waals surface area contributed by atoms with Crippen LogP contribution in [0, 0.1) is 5.41 Å². The molecule has 1 aromatic carbocycles. The van der Waals surface area contributed by atoms with Crippen molar-refractivity contribution in [2.24, 2.45) is 5.41 Å². The first-order chi connectivity index (χ1) is 9.33. The lowest BCUT2D eigenvalue weighted by atomic mass is 9.81. The number of benzene rings is 1. The summed E-state index contributed by atoms with van der Waals surface area (Å²) in [6, 6.07) is 9.93. The molecule has 112 valence electrons. The van der Waals surface area contributed by atoms with E-state index in [2.05, 4.69) is 32.6 Å². The number of hydrogen-bond acceptors (Lipinski definition) is 3. The van der Waals surface area contributed by atoms with Crippen LogP contribution in [-0.4, -0.2) is 41.8 Å². The predicted octanol–water partition coefficient (Wildman–Crippen LogP) is 2.86. The summed E-state index contributed by atoms with van der Waals surface area (Å²) in [5.41, 5.74) is 0.825. The highest BCUT2D eigenvalue weighted by molar-refractivity contribution is 5.19. The van der Waals surface area contributed by atoms with Gasteiger partial charge in [0.15, 0.2) is 0 Å². The summed E-state index contributed by atoms with van der Waals surface area (Å²) in [6.45, 7) is 12.0. The Balaban J connectivity index is 2.10. The molecule has 1 aliphatic heterocycles. The van der Waals surface area contributed by atoms with Crippen molar-refractivity contribution in [2.75, 3.05) is 26.3 Å². The van der Waals surface area contributed by atoms with Crippen molar-refractivity contribution in [3.8, 4) is 0 Å². The van der Waals surface area contributed by atoms with E-state index in [1.54, 1.807) is 0 Å². The van der Waals surface area contributed by atoms with Crippen molar-refractivity contribution in [1.29, 1.82) is 0 Å². The van der Waals surface area contributed by atoms with Gasteiger partial charge in [0, 0.05) is 24.0 Å². The maximum absolute atomic E-state index is 10.7. The van der Waals surface area contributed by atoms with Gasteiger partial charge >= 0.3 is 0 Å². The number of rotatable bonds is 4. The molecular formula is C17H27NO2. The van der Waals surface area contributed by atoms with Gasteiger partial charge in [0.1, 0.15) is 0 Å². The quantitative estimate of drug-likeness (QED) is 0.918. The van der Waals surface area contributed by atoms with Gasteiger partial charge in [0.05, 0.1) is 19.3 Å². The van der Waals surface area contributed by atoms with Crippen molar-refractivity contribution in [1.82, 2.24) is 4.90 Å². The Hall–Kier alpha value is -0.900. The Labute approximate surface area is 122 Å². The second-order valence-corrected chi connectivity index (χ2v) is 7.09. The Morgan fingerprint density at radius 3 is 2.55 bits per heavy atom. The van der Waals surface area contributed by atoms with Crippen LogP contribution in [0.4, 0.5) is 0 Å². The Kier molecular flexibility index (Phi) is 4.52. The van der Waals surface area contributed by atoms with Gasteiger partial charge in [0.25, 0.3) is 0 Å². The number of aliphatic hydroxyl groups is 1. The molecule has 20 heavy (non-hydrogen) atoms. The average molecular weight is 277 g/mol. The summed E-state index contributed by atoms with van der Waals surface area (Å²) in [5, 5.41) is 10.7. The maximum atomic E-state index is 10.7. The third-order valence-electron chi connectivity index (χ3n) is 4.27. The van der Waals surface area contributed by atoms with Crippen LogP contribution in [0.1, 0.15) is 39.4 Å². The lowest BCUT2D eigenvalue weighted by Crippen LogP contribution is -2.56. The summed E-state index contributed by atoms with van der Waals surface area (Å²) in [5.74, 6) is 0. The molecule has 1 N–H and O–H groups in total. The van der Waals surface area contributed by atoms with Crippen LogP contribution in [0.5, 0.6) is 0 Å². The van der Waals surface area contributed by atoms with Crippen LogP contribution in [0.3, 0.4) is 0 Å². The van der Waals surface area contributed by atoms with E-state index in [0.29, 0.717) is 0 Å². The van der Waals surface area contributed by atoms with E-state index in [-0.39, 0.29) is 11.0 Å². The van der Waals surface area contributed by atoms with E-state index >= 15 is 0 Å². The lowest BCUT2D eigenvalue weighted by Gasteiger charge is -2.46. The molecule has 1 fully saturated rings. The van der Waals surface area contributed by atoms with Crippen molar-refractivity contribution in [3.05, 3.63) is 35.9 Å². The number of ether oxygens (including phenoxy) is 1. The summed E-state index contributed by atoms with van der Waals surface area (Å²) in [6.07, 6.45) is -0.456. The summed E-state index contributed by atoms with van der Waals surface area (Å²) < 4.78 is 5.57. The van der Waals surface area contributed by atoms with Crippen molar-refractivity contribution in [3.63, 3.8) is 0 Å². The molecule has 3 nitrogen and oxygen atoms in total. The highest BCUT2D eigenvalue weighted by Gasteiger charge is 2.37. The van der Waals surface area contributed by atoms with E-state index in [1.807, 2.05) is 30.3 Å². The molecule has 0 aromatic heterocycles. The molecule has 1 unspecified atom stereocenters. The molecule has 3 heteroatoms. The van der Waals surface area contributed by atoms with Gasteiger partial charge in [-0.2, -0.15) is 0 Å². The molecule has 0 spiro atoms. The molecule has 0 aliphatic carbocycles. The minimum absolute atomic E-state index is 0.0337. The molecule has 0 bridgehead atoms.